The fraction of sp³-hybridized carbons (Fsp3) is 0.393. The fourth-order valence-corrected chi connectivity index (χ4v) is 4.95. The van der Waals surface area contributed by atoms with Crippen LogP contribution in [0.1, 0.15) is 13.3 Å². The zero-order valence-corrected chi connectivity index (χ0v) is 23.9. The summed E-state index contributed by atoms with van der Waals surface area (Å²) in [5.74, 6) is 1.72. The molecule has 5 rings (SSSR count). The number of rotatable bonds is 11. The molecule has 0 saturated carbocycles. The second-order valence-electron chi connectivity index (χ2n) is 9.82. The Bertz CT molecular complexity index is 1410. The van der Waals surface area contributed by atoms with Crippen molar-refractivity contribution >= 4 is 28.9 Å². The number of methoxy groups -OCH3 is 1. The smallest absolute Gasteiger partial charge is 0.227 e. The first-order valence-electron chi connectivity index (χ1n) is 13.5. The molecule has 2 aromatic carbocycles. The summed E-state index contributed by atoms with van der Waals surface area (Å²) in [7, 11) is 1.66. The van der Waals surface area contributed by atoms with Crippen LogP contribution in [0.3, 0.4) is 0 Å². The van der Waals surface area contributed by atoms with Gasteiger partial charge in [0.05, 0.1) is 31.0 Å². The third-order valence-corrected chi connectivity index (χ3v) is 7.19. The van der Waals surface area contributed by atoms with Crippen LogP contribution < -0.4 is 19.7 Å². The molecule has 3 heterocycles. The number of nitrogens with zero attached hydrogens (tertiary/aromatic N) is 8. The molecule has 1 aliphatic heterocycles. The maximum atomic E-state index is 9.27. The van der Waals surface area contributed by atoms with Gasteiger partial charge < -0.3 is 24.8 Å². The molecule has 1 saturated heterocycles. The third kappa shape index (κ3) is 7.40. The van der Waals surface area contributed by atoms with Crippen LogP contribution in [-0.2, 0) is 6.54 Å². The Kier molecular flexibility index (Phi) is 9.44. The maximum Gasteiger partial charge on any atom is 0.227 e. The Morgan fingerprint density at radius 1 is 1.02 bits per heavy atom. The number of hydrogen-bond acceptors (Lipinski definition) is 11. The summed E-state index contributed by atoms with van der Waals surface area (Å²) in [5.41, 5.74) is 3.58. The molecule has 13 heteroatoms. The first-order chi connectivity index (χ1) is 20.0. The van der Waals surface area contributed by atoms with Crippen molar-refractivity contribution in [2.45, 2.75) is 26.0 Å². The van der Waals surface area contributed by atoms with Gasteiger partial charge in [-0.25, -0.2) is 14.6 Å². The molecule has 0 amide bonds. The lowest BCUT2D eigenvalue weighted by molar-refractivity contribution is 0.193. The van der Waals surface area contributed by atoms with Crippen LogP contribution in [0.25, 0.3) is 11.1 Å². The lowest BCUT2D eigenvalue weighted by Gasteiger charge is -2.24. The molecule has 216 valence electrons. The minimum atomic E-state index is -0.198. The molecule has 0 aliphatic carbocycles. The van der Waals surface area contributed by atoms with Gasteiger partial charge >= 0.3 is 0 Å². The Balaban J connectivity index is 1.24. The van der Waals surface area contributed by atoms with Gasteiger partial charge in [-0.15, -0.1) is 5.10 Å². The molecule has 0 radical (unpaired) electrons. The summed E-state index contributed by atoms with van der Waals surface area (Å²) in [6.45, 7) is 7.09. The van der Waals surface area contributed by atoms with Gasteiger partial charge in [0.15, 0.2) is 0 Å². The molecule has 0 bridgehead atoms. The van der Waals surface area contributed by atoms with Crippen molar-refractivity contribution in [2.75, 3.05) is 56.7 Å². The Morgan fingerprint density at radius 3 is 2.63 bits per heavy atom. The van der Waals surface area contributed by atoms with Crippen LogP contribution in [-0.4, -0.2) is 92.7 Å². The average Bonchev–Trinajstić information content (AvgIpc) is 3.38. The van der Waals surface area contributed by atoms with E-state index in [0.717, 1.165) is 55.1 Å². The van der Waals surface area contributed by atoms with Gasteiger partial charge in [0.1, 0.15) is 23.9 Å². The number of ether oxygens (including phenoxy) is 2. The molecule has 1 fully saturated rings. The lowest BCUT2D eigenvalue weighted by atomic mass is 10.1. The molecular formula is C28H34ClN9O3. The van der Waals surface area contributed by atoms with E-state index in [0.29, 0.717) is 35.6 Å². The first-order valence-corrected chi connectivity index (χ1v) is 13.9. The number of tetrazole rings is 1. The highest BCUT2D eigenvalue weighted by Gasteiger charge is 2.17. The van der Waals surface area contributed by atoms with E-state index in [9.17, 15) is 5.11 Å². The SMILES string of the molecule is COc1cc(N2CCCN(CCO)CC2)ccc1Nc1ncc(-c2ccc(Cl)c(OC(C)Cn3cnnn3)c2)cn1. The van der Waals surface area contributed by atoms with Crippen molar-refractivity contribution in [3.8, 4) is 22.6 Å². The first kappa shape index (κ1) is 28.5. The van der Waals surface area contributed by atoms with Gasteiger partial charge in [-0.05, 0) is 60.1 Å². The largest absolute Gasteiger partial charge is 0.494 e. The zero-order chi connectivity index (χ0) is 28.6. The number of aromatic nitrogens is 6. The quantitative estimate of drug-likeness (QED) is 0.271. The van der Waals surface area contributed by atoms with E-state index < -0.39 is 0 Å². The topological polar surface area (TPSA) is 127 Å². The number of hydrogen-bond donors (Lipinski definition) is 2. The molecule has 1 unspecified atom stereocenters. The van der Waals surface area contributed by atoms with E-state index in [2.05, 4.69) is 46.7 Å². The van der Waals surface area contributed by atoms with Crippen LogP contribution in [0.15, 0.2) is 55.1 Å². The second-order valence-corrected chi connectivity index (χ2v) is 10.2. The second kappa shape index (κ2) is 13.6. The lowest BCUT2D eigenvalue weighted by Crippen LogP contribution is -2.32. The van der Waals surface area contributed by atoms with E-state index in [1.54, 1.807) is 36.6 Å². The predicted molar refractivity (Wildman–Crippen MR) is 157 cm³/mol. The van der Waals surface area contributed by atoms with Crippen LogP contribution in [0.4, 0.5) is 17.3 Å². The highest BCUT2D eigenvalue weighted by atomic mass is 35.5. The van der Waals surface area contributed by atoms with Crippen LogP contribution >= 0.6 is 11.6 Å². The molecule has 2 aromatic heterocycles. The summed E-state index contributed by atoms with van der Waals surface area (Å²) < 4.78 is 13.4. The van der Waals surface area contributed by atoms with Crippen molar-refractivity contribution < 1.29 is 14.6 Å². The number of β-amino-alcohol motifs (C(OH)–C–C–N with tert-alkyl or cyclic N) is 1. The number of nitrogens with one attached hydrogen (secondary N) is 1. The third-order valence-electron chi connectivity index (χ3n) is 6.88. The van der Waals surface area contributed by atoms with Crippen LogP contribution in [0, 0.1) is 0 Å². The molecule has 4 aromatic rings. The van der Waals surface area contributed by atoms with Gasteiger partial charge in [0.2, 0.25) is 5.95 Å². The standard InChI is InChI=1S/C28H34ClN9O3/c1-20(18-38-19-32-34-35-38)41-26-14-21(4-6-24(26)29)22-16-30-28(31-17-22)33-25-7-5-23(15-27(25)40-2)37-9-3-8-36(10-11-37)12-13-39/h4-7,14-17,19-20,39H,3,8-13,18H2,1-2H3,(H,30,31,33). The number of halogens is 1. The van der Waals surface area contributed by atoms with E-state index in [4.69, 9.17) is 21.1 Å². The van der Waals surface area contributed by atoms with Crippen molar-refractivity contribution in [3.05, 3.63) is 60.1 Å². The van der Waals surface area contributed by atoms with Crippen molar-refractivity contribution in [1.82, 2.24) is 35.1 Å². The minimum Gasteiger partial charge on any atom is -0.494 e. The Morgan fingerprint density at radius 2 is 1.88 bits per heavy atom. The number of aliphatic hydroxyl groups is 1. The molecule has 1 atom stereocenters. The van der Waals surface area contributed by atoms with Crippen molar-refractivity contribution in [2.24, 2.45) is 0 Å². The average molecular weight is 580 g/mol. The molecule has 0 spiro atoms. The number of aliphatic hydroxyl groups excluding tert-OH is 1. The van der Waals surface area contributed by atoms with E-state index in [-0.39, 0.29) is 12.7 Å². The van der Waals surface area contributed by atoms with Gasteiger partial charge in [-0.1, -0.05) is 17.7 Å². The molecule has 12 nitrogen and oxygen atoms in total. The van der Waals surface area contributed by atoms with Gasteiger partial charge in [-0.2, -0.15) is 0 Å². The highest BCUT2D eigenvalue weighted by Crippen LogP contribution is 2.33. The fourth-order valence-electron chi connectivity index (χ4n) is 4.79. The molecule has 41 heavy (non-hydrogen) atoms. The van der Waals surface area contributed by atoms with Crippen molar-refractivity contribution in [1.29, 1.82) is 0 Å². The van der Waals surface area contributed by atoms with Crippen LogP contribution in [0.2, 0.25) is 5.02 Å². The van der Waals surface area contributed by atoms with Gasteiger partial charge in [-0.3, -0.25) is 4.90 Å². The summed E-state index contributed by atoms with van der Waals surface area (Å²) in [5, 5.41) is 24.2. The number of anilines is 3. The van der Waals surface area contributed by atoms with Crippen molar-refractivity contribution in [3.63, 3.8) is 0 Å². The van der Waals surface area contributed by atoms with E-state index in [1.165, 1.54) is 0 Å². The molecule has 1 aliphatic rings. The Hall–Kier alpha value is -4.00. The summed E-state index contributed by atoms with van der Waals surface area (Å²) >= 11 is 6.40. The summed E-state index contributed by atoms with van der Waals surface area (Å²) in [4.78, 5) is 13.7. The zero-order valence-electron chi connectivity index (χ0n) is 23.1. The normalized spacial score (nSPS) is 14.9. The van der Waals surface area contributed by atoms with Gasteiger partial charge in [0, 0.05) is 55.9 Å². The molecule has 2 N–H and O–H groups in total. The number of benzene rings is 2. The monoisotopic (exact) mass is 579 g/mol. The summed E-state index contributed by atoms with van der Waals surface area (Å²) in [6.07, 6.45) is 5.89. The molecular weight excluding hydrogens is 546 g/mol. The Labute approximate surface area is 243 Å². The van der Waals surface area contributed by atoms with E-state index >= 15 is 0 Å². The minimum absolute atomic E-state index is 0.190. The highest BCUT2D eigenvalue weighted by molar-refractivity contribution is 6.32. The summed E-state index contributed by atoms with van der Waals surface area (Å²) in [6, 6.07) is 11.7. The predicted octanol–water partition coefficient (Wildman–Crippen LogP) is 3.51. The van der Waals surface area contributed by atoms with Gasteiger partial charge in [0.25, 0.3) is 0 Å². The maximum absolute atomic E-state index is 9.27. The van der Waals surface area contributed by atoms with E-state index in [1.807, 2.05) is 31.2 Å². The van der Waals surface area contributed by atoms with Crippen LogP contribution in [0.5, 0.6) is 11.5 Å².